The summed E-state index contributed by atoms with van der Waals surface area (Å²) in [6.07, 6.45) is 0.0569. The highest BCUT2D eigenvalue weighted by atomic mass is 19.4. The largest absolute Gasteiger partial charge is 0.401 e. The van der Waals surface area contributed by atoms with Gasteiger partial charge in [-0.3, -0.25) is 4.79 Å². The van der Waals surface area contributed by atoms with Gasteiger partial charge in [-0.25, -0.2) is 0 Å². The molecule has 2 fully saturated rings. The normalized spacial score (nSPS) is 27.2. The molecule has 0 bridgehead atoms. The second-order valence-corrected chi connectivity index (χ2v) is 6.87. The van der Waals surface area contributed by atoms with Crippen LogP contribution in [0.2, 0.25) is 0 Å². The van der Waals surface area contributed by atoms with Crippen molar-refractivity contribution < 1.29 is 18.0 Å². The van der Waals surface area contributed by atoms with Crippen molar-refractivity contribution in [2.24, 2.45) is 17.8 Å². The number of carbonyl (C=O) groups is 1. The molecule has 1 heterocycles. The van der Waals surface area contributed by atoms with Gasteiger partial charge in [0, 0.05) is 25.0 Å². The van der Waals surface area contributed by atoms with Crippen molar-refractivity contribution in [2.75, 3.05) is 19.6 Å². The van der Waals surface area contributed by atoms with Gasteiger partial charge in [0.05, 0.1) is 6.54 Å². The Bertz CT molecular complexity index is 366. The first-order valence-electron chi connectivity index (χ1n) is 7.83. The van der Waals surface area contributed by atoms with Gasteiger partial charge in [0.2, 0.25) is 5.91 Å². The highest BCUT2D eigenvalue weighted by molar-refractivity contribution is 5.78. The molecule has 1 saturated heterocycles. The number of alkyl halides is 3. The zero-order chi connectivity index (χ0) is 15.6. The van der Waals surface area contributed by atoms with Crippen molar-refractivity contribution in [1.29, 1.82) is 0 Å². The van der Waals surface area contributed by atoms with Gasteiger partial charge in [-0.2, -0.15) is 13.2 Å². The number of likely N-dealkylation sites (tertiary alicyclic amines) is 1. The predicted octanol–water partition coefficient (Wildman–Crippen LogP) is 2.81. The average molecular weight is 306 g/mol. The van der Waals surface area contributed by atoms with Crippen molar-refractivity contribution in [2.45, 2.75) is 51.7 Å². The van der Waals surface area contributed by atoms with E-state index in [4.69, 9.17) is 0 Å². The van der Waals surface area contributed by atoms with Crippen LogP contribution in [0.25, 0.3) is 0 Å². The number of amides is 1. The second-order valence-electron chi connectivity index (χ2n) is 6.87. The van der Waals surface area contributed by atoms with Crippen LogP contribution in [0.15, 0.2) is 0 Å². The van der Waals surface area contributed by atoms with Crippen LogP contribution >= 0.6 is 0 Å². The third kappa shape index (κ3) is 5.49. The summed E-state index contributed by atoms with van der Waals surface area (Å²) < 4.78 is 37.1. The monoisotopic (exact) mass is 306 g/mol. The van der Waals surface area contributed by atoms with E-state index in [2.05, 4.69) is 5.32 Å². The smallest absolute Gasteiger partial charge is 0.341 e. The Morgan fingerprint density at radius 1 is 1.24 bits per heavy atom. The van der Waals surface area contributed by atoms with Crippen LogP contribution in [0.3, 0.4) is 0 Å². The molecule has 3 nitrogen and oxygen atoms in total. The molecule has 2 unspecified atom stereocenters. The lowest BCUT2D eigenvalue weighted by atomic mass is 9.89. The van der Waals surface area contributed by atoms with E-state index < -0.39 is 12.7 Å². The van der Waals surface area contributed by atoms with Crippen LogP contribution in [0, 0.1) is 17.8 Å². The summed E-state index contributed by atoms with van der Waals surface area (Å²) in [7, 11) is 0. The first-order chi connectivity index (χ1) is 9.74. The molecular weight excluding hydrogens is 281 g/mol. The van der Waals surface area contributed by atoms with Gasteiger partial charge in [-0.05, 0) is 24.7 Å². The number of rotatable bonds is 5. The van der Waals surface area contributed by atoms with Crippen molar-refractivity contribution in [1.82, 2.24) is 10.2 Å². The maximum atomic E-state index is 12.4. The second kappa shape index (κ2) is 6.55. The van der Waals surface area contributed by atoms with Gasteiger partial charge >= 0.3 is 6.18 Å². The van der Waals surface area contributed by atoms with E-state index in [9.17, 15) is 18.0 Å². The lowest BCUT2D eigenvalue weighted by Crippen LogP contribution is -2.53. The van der Waals surface area contributed by atoms with Gasteiger partial charge in [0.1, 0.15) is 0 Å². The Balaban J connectivity index is 1.93. The van der Waals surface area contributed by atoms with E-state index in [1.165, 1.54) is 12.8 Å². The van der Waals surface area contributed by atoms with Crippen molar-refractivity contribution in [3.63, 3.8) is 0 Å². The highest BCUT2D eigenvalue weighted by Gasteiger charge is 2.36. The summed E-state index contributed by atoms with van der Waals surface area (Å²) in [6, 6.07) is -0.244. The molecule has 0 aromatic rings. The molecule has 2 atom stereocenters. The first-order valence-corrected chi connectivity index (χ1v) is 7.83. The van der Waals surface area contributed by atoms with E-state index in [0.29, 0.717) is 19.0 Å². The summed E-state index contributed by atoms with van der Waals surface area (Å²) in [5, 5.41) is 2.59. The molecule has 122 valence electrons. The fourth-order valence-corrected chi connectivity index (χ4v) is 3.15. The molecule has 21 heavy (non-hydrogen) atoms. The molecule has 0 aromatic carbocycles. The Labute approximate surface area is 124 Å². The summed E-state index contributed by atoms with van der Waals surface area (Å²) in [6.45, 7) is 3.81. The van der Waals surface area contributed by atoms with Crippen LogP contribution in [0.4, 0.5) is 13.2 Å². The van der Waals surface area contributed by atoms with Crippen molar-refractivity contribution in [3.05, 3.63) is 0 Å². The molecule has 1 N–H and O–H groups in total. The molecule has 2 rings (SSSR count). The van der Waals surface area contributed by atoms with E-state index in [-0.39, 0.29) is 17.9 Å². The lowest BCUT2D eigenvalue weighted by molar-refractivity contribution is -0.138. The molecule has 1 saturated carbocycles. The maximum absolute atomic E-state index is 12.4. The topological polar surface area (TPSA) is 32.3 Å². The standard InChI is InChI=1S/C15H25F3N2O/c1-10(2)14(21)20-7-12(5-11-3-4-11)6-13(8-20)19-9-15(16,17)18/h10-13,19H,3-9H2,1-2H3. The van der Waals surface area contributed by atoms with Crippen molar-refractivity contribution >= 4 is 5.91 Å². The van der Waals surface area contributed by atoms with Crippen LogP contribution in [0.1, 0.15) is 39.5 Å². The SMILES string of the molecule is CC(C)C(=O)N1CC(CC2CC2)CC(NCC(F)(F)F)C1. The fraction of sp³-hybridized carbons (Fsp3) is 0.933. The van der Waals surface area contributed by atoms with Crippen LogP contribution < -0.4 is 5.32 Å². The average Bonchev–Trinajstić information content (AvgIpc) is 3.18. The van der Waals surface area contributed by atoms with E-state index in [0.717, 1.165) is 18.8 Å². The third-order valence-corrected chi connectivity index (χ3v) is 4.30. The van der Waals surface area contributed by atoms with E-state index in [1.54, 1.807) is 4.90 Å². The lowest BCUT2D eigenvalue weighted by Gasteiger charge is -2.39. The zero-order valence-electron chi connectivity index (χ0n) is 12.7. The predicted molar refractivity (Wildman–Crippen MR) is 74.7 cm³/mol. The molecule has 1 aliphatic heterocycles. The molecule has 6 heteroatoms. The van der Waals surface area contributed by atoms with Gasteiger partial charge in [0.15, 0.2) is 0 Å². The molecule has 0 radical (unpaired) electrons. The minimum absolute atomic E-state index is 0.0503. The number of hydrogen-bond acceptors (Lipinski definition) is 2. The Morgan fingerprint density at radius 2 is 1.90 bits per heavy atom. The fourth-order valence-electron chi connectivity index (χ4n) is 3.15. The summed E-state index contributed by atoms with van der Waals surface area (Å²) in [5.41, 5.74) is 0. The van der Waals surface area contributed by atoms with Gasteiger partial charge in [0.25, 0.3) is 0 Å². The van der Waals surface area contributed by atoms with Gasteiger partial charge in [-0.1, -0.05) is 26.7 Å². The van der Waals surface area contributed by atoms with Crippen LogP contribution in [0.5, 0.6) is 0 Å². The van der Waals surface area contributed by atoms with E-state index in [1.807, 2.05) is 13.8 Å². The van der Waals surface area contributed by atoms with Gasteiger partial charge < -0.3 is 10.2 Å². The highest BCUT2D eigenvalue weighted by Crippen LogP contribution is 2.38. The number of nitrogens with one attached hydrogen (secondary N) is 1. The number of piperidine rings is 1. The summed E-state index contributed by atoms with van der Waals surface area (Å²) >= 11 is 0. The number of halogens is 3. The molecule has 2 aliphatic rings. The summed E-state index contributed by atoms with van der Waals surface area (Å²) in [5.74, 6) is 1.01. The Morgan fingerprint density at radius 3 is 2.43 bits per heavy atom. The zero-order valence-corrected chi connectivity index (χ0v) is 12.7. The molecular formula is C15H25F3N2O. The number of hydrogen-bond donors (Lipinski definition) is 1. The Kier molecular flexibility index (Phi) is 5.17. The van der Waals surface area contributed by atoms with Crippen LogP contribution in [-0.4, -0.2) is 42.7 Å². The van der Waals surface area contributed by atoms with Crippen molar-refractivity contribution in [3.8, 4) is 0 Å². The van der Waals surface area contributed by atoms with Crippen LogP contribution in [-0.2, 0) is 4.79 Å². The quantitative estimate of drug-likeness (QED) is 0.847. The number of carbonyl (C=O) groups excluding carboxylic acids is 1. The molecule has 0 spiro atoms. The molecule has 1 aliphatic carbocycles. The minimum Gasteiger partial charge on any atom is -0.341 e. The third-order valence-electron chi connectivity index (χ3n) is 4.30. The maximum Gasteiger partial charge on any atom is 0.401 e. The Hall–Kier alpha value is -0.780. The van der Waals surface area contributed by atoms with Gasteiger partial charge in [-0.15, -0.1) is 0 Å². The number of nitrogens with zero attached hydrogens (tertiary/aromatic N) is 1. The first kappa shape index (κ1) is 16.6. The minimum atomic E-state index is -4.20. The van der Waals surface area contributed by atoms with E-state index >= 15 is 0 Å². The summed E-state index contributed by atoms with van der Waals surface area (Å²) in [4.78, 5) is 13.9. The molecule has 0 aromatic heterocycles. The molecule has 1 amide bonds.